The lowest BCUT2D eigenvalue weighted by Crippen LogP contribution is -2.41. The Morgan fingerprint density at radius 3 is 2.45 bits per heavy atom. The Morgan fingerprint density at radius 1 is 1.30 bits per heavy atom. The molecular weight excluding hydrogens is 252 g/mol. The molecule has 0 aliphatic carbocycles. The van der Waals surface area contributed by atoms with Gasteiger partial charge < -0.3 is 15.8 Å². The van der Waals surface area contributed by atoms with E-state index in [1.165, 1.54) is 0 Å². The highest BCUT2D eigenvalue weighted by Crippen LogP contribution is 2.31. The minimum atomic E-state index is -0.506. The van der Waals surface area contributed by atoms with E-state index in [0.29, 0.717) is 24.6 Å². The van der Waals surface area contributed by atoms with E-state index in [2.05, 4.69) is 5.32 Å². The van der Waals surface area contributed by atoms with Crippen LogP contribution in [0.3, 0.4) is 0 Å². The molecule has 4 nitrogen and oxygen atoms in total. The lowest BCUT2D eigenvalue weighted by atomic mass is 9.81. The number of rotatable bonds is 7. The monoisotopic (exact) mass is 278 g/mol. The smallest absolute Gasteiger partial charge is 0.231 e. The first-order valence-electron chi connectivity index (χ1n) is 7.28. The van der Waals surface area contributed by atoms with Gasteiger partial charge in [0.15, 0.2) is 0 Å². The van der Waals surface area contributed by atoms with E-state index in [-0.39, 0.29) is 5.91 Å². The SMILES string of the molecule is CCOc1cc(C)ccc1NC(=O)C(CC)(CC)CN. The van der Waals surface area contributed by atoms with E-state index in [0.717, 1.165) is 18.4 Å². The fourth-order valence-corrected chi connectivity index (χ4v) is 2.22. The highest BCUT2D eigenvalue weighted by Gasteiger charge is 2.33. The molecule has 1 rings (SSSR count). The molecule has 0 aliphatic rings. The van der Waals surface area contributed by atoms with Crippen molar-refractivity contribution in [1.29, 1.82) is 0 Å². The molecule has 112 valence electrons. The molecule has 0 saturated carbocycles. The van der Waals surface area contributed by atoms with E-state index in [1.54, 1.807) is 0 Å². The third-order valence-corrected chi connectivity index (χ3v) is 3.91. The number of aryl methyl sites for hydroxylation is 1. The number of hydrogen-bond donors (Lipinski definition) is 2. The minimum Gasteiger partial charge on any atom is -0.492 e. The zero-order valence-corrected chi connectivity index (χ0v) is 13.0. The first kappa shape index (κ1) is 16.5. The Morgan fingerprint density at radius 2 is 1.95 bits per heavy atom. The van der Waals surface area contributed by atoms with Gasteiger partial charge in [0, 0.05) is 6.54 Å². The largest absolute Gasteiger partial charge is 0.492 e. The van der Waals surface area contributed by atoms with Crippen LogP contribution in [-0.2, 0) is 4.79 Å². The van der Waals surface area contributed by atoms with Crippen LogP contribution in [-0.4, -0.2) is 19.1 Å². The van der Waals surface area contributed by atoms with Crippen molar-refractivity contribution >= 4 is 11.6 Å². The molecule has 0 aliphatic heterocycles. The first-order chi connectivity index (χ1) is 9.52. The molecule has 0 unspecified atom stereocenters. The number of nitrogens with one attached hydrogen (secondary N) is 1. The number of carbonyl (C=O) groups is 1. The van der Waals surface area contributed by atoms with Crippen molar-refractivity contribution in [2.45, 2.75) is 40.5 Å². The van der Waals surface area contributed by atoms with Gasteiger partial charge >= 0.3 is 0 Å². The molecule has 1 aromatic carbocycles. The molecule has 20 heavy (non-hydrogen) atoms. The second-order valence-corrected chi connectivity index (χ2v) is 5.08. The molecule has 4 heteroatoms. The van der Waals surface area contributed by atoms with Gasteiger partial charge in [-0.2, -0.15) is 0 Å². The standard InChI is InChI=1S/C16H26N2O2/c1-5-16(6-2,11-17)15(19)18-13-9-8-12(4)10-14(13)20-7-3/h8-10H,5-7,11,17H2,1-4H3,(H,18,19). The summed E-state index contributed by atoms with van der Waals surface area (Å²) in [6, 6.07) is 5.77. The van der Waals surface area contributed by atoms with Gasteiger partial charge in [-0.15, -0.1) is 0 Å². The first-order valence-corrected chi connectivity index (χ1v) is 7.28. The fourth-order valence-electron chi connectivity index (χ4n) is 2.22. The molecule has 0 bridgehead atoms. The van der Waals surface area contributed by atoms with Crippen LogP contribution in [0, 0.1) is 12.3 Å². The molecule has 0 spiro atoms. The Hall–Kier alpha value is -1.55. The summed E-state index contributed by atoms with van der Waals surface area (Å²) in [5.41, 5.74) is 7.12. The quantitative estimate of drug-likeness (QED) is 0.805. The van der Waals surface area contributed by atoms with E-state index in [1.807, 2.05) is 45.9 Å². The van der Waals surface area contributed by atoms with Gasteiger partial charge in [0.1, 0.15) is 5.75 Å². The normalized spacial score (nSPS) is 11.2. The average molecular weight is 278 g/mol. The maximum Gasteiger partial charge on any atom is 0.231 e. The number of nitrogens with two attached hydrogens (primary N) is 1. The minimum absolute atomic E-state index is 0.0326. The van der Waals surface area contributed by atoms with Crippen LogP contribution in [0.15, 0.2) is 18.2 Å². The molecule has 0 aromatic heterocycles. The van der Waals surface area contributed by atoms with Crippen molar-refractivity contribution in [2.24, 2.45) is 11.1 Å². The predicted octanol–water partition coefficient (Wildman–Crippen LogP) is 3.10. The number of amides is 1. The molecule has 0 radical (unpaired) electrons. The topological polar surface area (TPSA) is 64.3 Å². The van der Waals surface area contributed by atoms with Gasteiger partial charge in [0.25, 0.3) is 0 Å². The van der Waals surface area contributed by atoms with Gasteiger partial charge in [-0.05, 0) is 44.4 Å². The van der Waals surface area contributed by atoms with Gasteiger partial charge in [0.2, 0.25) is 5.91 Å². The molecule has 3 N–H and O–H groups in total. The van der Waals surface area contributed by atoms with Gasteiger partial charge in [-0.1, -0.05) is 19.9 Å². The molecular formula is C16H26N2O2. The maximum atomic E-state index is 12.5. The molecule has 0 heterocycles. The highest BCUT2D eigenvalue weighted by atomic mass is 16.5. The van der Waals surface area contributed by atoms with Crippen molar-refractivity contribution in [1.82, 2.24) is 0 Å². The van der Waals surface area contributed by atoms with E-state index >= 15 is 0 Å². The van der Waals surface area contributed by atoms with Gasteiger partial charge in [-0.25, -0.2) is 0 Å². The number of carbonyl (C=O) groups excluding carboxylic acids is 1. The van der Waals surface area contributed by atoms with Crippen LogP contribution in [0.25, 0.3) is 0 Å². The summed E-state index contributed by atoms with van der Waals surface area (Å²) in [6.45, 7) is 8.83. The Bertz CT molecular complexity index is 446. The fraction of sp³-hybridized carbons (Fsp3) is 0.562. The number of hydrogen-bond acceptors (Lipinski definition) is 3. The summed E-state index contributed by atoms with van der Waals surface area (Å²) < 4.78 is 5.59. The van der Waals surface area contributed by atoms with Gasteiger partial charge in [0.05, 0.1) is 17.7 Å². The summed E-state index contributed by atoms with van der Waals surface area (Å²) in [5, 5.41) is 2.97. The average Bonchev–Trinajstić information content (AvgIpc) is 2.45. The lowest BCUT2D eigenvalue weighted by molar-refractivity contribution is -0.125. The zero-order chi connectivity index (χ0) is 15.2. The van der Waals surface area contributed by atoms with E-state index < -0.39 is 5.41 Å². The predicted molar refractivity (Wildman–Crippen MR) is 83.0 cm³/mol. The van der Waals surface area contributed by atoms with Crippen LogP contribution in [0.4, 0.5) is 5.69 Å². The molecule has 0 fully saturated rings. The summed E-state index contributed by atoms with van der Waals surface area (Å²) >= 11 is 0. The second-order valence-electron chi connectivity index (χ2n) is 5.08. The number of benzene rings is 1. The van der Waals surface area contributed by atoms with Gasteiger partial charge in [-0.3, -0.25) is 4.79 Å². The zero-order valence-electron chi connectivity index (χ0n) is 13.0. The summed E-state index contributed by atoms with van der Waals surface area (Å²) in [6.07, 6.45) is 1.45. The van der Waals surface area contributed by atoms with Crippen molar-refractivity contribution in [3.8, 4) is 5.75 Å². The third-order valence-electron chi connectivity index (χ3n) is 3.91. The van der Waals surface area contributed by atoms with Crippen molar-refractivity contribution in [3.05, 3.63) is 23.8 Å². The van der Waals surface area contributed by atoms with Crippen LogP contribution in [0.5, 0.6) is 5.75 Å². The highest BCUT2D eigenvalue weighted by molar-refractivity contribution is 5.96. The van der Waals surface area contributed by atoms with E-state index in [9.17, 15) is 4.79 Å². The Balaban J connectivity index is 3.00. The number of ether oxygens (including phenoxy) is 1. The summed E-state index contributed by atoms with van der Waals surface area (Å²) in [7, 11) is 0. The molecule has 1 amide bonds. The number of anilines is 1. The van der Waals surface area contributed by atoms with Crippen LogP contribution < -0.4 is 15.8 Å². The van der Waals surface area contributed by atoms with Crippen molar-refractivity contribution in [2.75, 3.05) is 18.5 Å². The summed E-state index contributed by atoms with van der Waals surface area (Å²) in [5.74, 6) is 0.675. The molecule has 1 aromatic rings. The summed E-state index contributed by atoms with van der Waals surface area (Å²) in [4.78, 5) is 12.5. The van der Waals surface area contributed by atoms with Crippen LogP contribution >= 0.6 is 0 Å². The van der Waals surface area contributed by atoms with Crippen molar-refractivity contribution in [3.63, 3.8) is 0 Å². The lowest BCUT2D eigenvalue weighted by Gasteiger charge is -2.29. The third kappa shape index (κ3) is 3.51. The second kappa shape index (κ2) is 7.29. The van der Waals surface area contributed by atoms with E-state index in [4.69, 9.17) is 10.5 Å². The Kier molecular flexibility index (Phi) is 6.02. The van der Waals surface area contributed by atoms with Crippen LogP contribution in [0.2, 0.25) is 0 Å². The van der Waals surface area contributed by atoms with Crippen LogP contribution in [0.1, 0.15) is 39.2 Å². The maximum absolute atomic E-state index is 12.5. The van der Waals surface area contributed by atoms with Crippen molar-refractivity contribution < 1.29 is 9.53 Å². The molecule has 0 saturated heterocycles. The Labute approximate surface area is 121 Å². The molecule has 0 atom stereocenters.